The van der Waals surface area contributed by atoms with Gasteiger partial charge in [-0.05, 0) is 62.9 Å². The molecule has 0 atom stereocenters. The summed E-state index contributed by atoms with van der Waals surface area (Å²) in [5, 5.41) is 10.5. The van der Waals surface area contributed by atoms with Crippen molar-refractivity contribution in [1.29, 1.82) is 0 Å². The van der Waals surface area contributed by atoms with E-state index in [1.165, 1.54) is 22.3 Å². The zero-order valence-electron chi connectivity index (χ0n) is 16.9. The van der Waals surface area contributed by atoms with Crippen LogP contribution in [-0.2, 0) is 6.54 Å². The van der Waals surface area contributed by atoms with Gasteiger partial charge >= 0.3 is 0 Å². The van der Waals surface area contributed by atoms with Crippen molar-refractivity contribution >= 4 is 12.0 Å². The van der Waals surface area contributed by atoms with Gasteiger partial charge in [0, 0.05) is 33.8 Å². The summed E-state index contributed by atoms with van der Waals surface area (Å²) in [4.78, 5) is 6.66. The first-order valence-corrected chi connectivity index (χ1v) is 8.79. The smallest absolute Gasteiger partial charge is 0.0909 e. The summed E-state index contributed by atoms with van der Waals surface area (Å²) < 4.78 is 0. The van der Waals surface area contributed by atoms with Gasteiger partial charge in [0.25, 0.3) is 0 Å². The highest BCUT2D eigenvalue weighted by Crippen LogP contribution is 2.23. The van der Waals surface area contributed by atoms with Gasteiger partial charge in [0.2, 0.25) is 0 Å². The Morgan fingerprint density at radius 3 is 2.44 bits per heavy atom. The third-order valence-electron chi connectivity index (χ3n) is 3.94. The van der Waals surface area contributed by atoms with E-state index in [2.05, 4.69) is 73.3 Å². The number of allylic oxidation sites excluding steroid dienone is 2. The molecule has 0 aliphatic carbocycles. The third kappa shape index (κ3) is 8.66. The van der Waals surface area contributed by atoms with Crippen LogP contribution >= 0.6 is 0 Å². The zero-order valence-corrected chi connectivity index (χ0v) is 16.9. The van der Waals surface area contributed by atoms with Crippen molar-refractivity contribution in [3.63, 3.8) is 0 Å². The molecule has 1 aromatic carbocycles. The number of aliphatic hydroxyl groups excluding tert-OH is 1. The predicted molar refractivity (Wildman–Crippen MR) is 111 cm³/mol. The summed E-state index contributed by atoms with van der Waals surface area (Å²) in [6.45, 7) is 13.2. The second-order valence-corrected chi connectivity index (χ2v) is 5.85. The van der Waals surface area contributed by atoms with Gasteiger partial charge in [0.1, 0.15) is 0 Å². The molecule has 1 aromatic rings. The van der Waals surface area contributed by atoms with Gasteiger partial charge in [-0.1, -0.05) is 24.3 Å². The minimum atomic E-state index is 0.875. The molecule has 0 radical (unpaired) electrons. The van der Waals surface area contributed by atoms with Crippen LogP contribution in [0.2, 0.25) is 0 Å². The molecule has 0 aromatic heterocycles. The molecule has 0 amide bonds. The van der Waals surface area contributed by atoms with Gasteiger partial charge in [0.05, 0.1) is 12.0 Å². The standard InChI is InChI=1S/C20H31N3.CH4O/c1-7-10-18(8-2)13-21-14-19-11-17(5)20(12-16(19)4)22-15-23(6)9-3;1-2/h7-8,10-12,15,21H,9,13-14H2,1-6H3;2H,1H3/b10-7-,18-8+,22-15?;. The first-order valence-electron chi connectivity index (χ1n) is 8.79. The second kappa shape index (κ2) is 13.4. The average Bonchev–Trinajstić information content (AvgIpc) is 2.63. The fraction of sp³-hybridized carbons (Fsp3) is 0.476. The van der Waals surface area contributed by atoms with Gasteiger partial charge < -0.3 is 15.3 Å². The lowest BCUT2D eigenvalue weighted by molar-refractivity contribution is 0.399. The van der Waals surface area contributed by atoms with Crippen LogP contribution in [0.1, 0.15) is 37.5 Å². The summed E-state index contributed by atoms with van der Waals surface area (Å²) in [5.74, 6) is 0. The molecular formula is C21H35N3O. The number of aryl methyl sites for hydroxylation is 2. The number of benzene rings is 1. The summed E-state index contributed by atoms with van der Waals surface area (Å²) >= 11 is 0. The quantitative estimate of drug-likeness (QED) is 0.423. The fourth-order valence-electron chi connectivity index (χ4n) is 2.25. The van der Waals surface area contributed by atoms with Crippen molar-refractivity contribution in [2.24, 2.45) is 4.99 Å². The van der Waals surface area contributed by atoms with Crippen LogP contribution < -0.4 is 5.32 Å². The van der Waals surface area contributed by atoms with Crippen LogP contribution in [0.5, 0.6) is 0 Å². The number of hydrogen-bond donors (Lipinski definition) is 2. The van der Waals surface area contributed by atoms with E-state index in [1.807, 2.05) is 20.3 Å². The molecule has 0 aliphatic heterocycles. The molecule has 0 unspecified atom stereocenters. The highest BCUT2D eigenvalue weighted by atomic mass is 16.2. The lowest BCUT2D eigenvalue weighted by Gasteiger charge is -2.13. The Balaban J connectivity index is 0.00000277. The lowest BCUT2D eigenvalue weighted by Crippen LogP contribution is -2.16. The maximum Gasteiger partial charge on any atom is 0.0909 e. The van der Waals surface area contributed by atoms with Crippen molar-refractivity contribution in [2.45, 2.75) is 41.2 Å². The predicted octanol–water partition coefficient (Wildman–Crippen LogP) is 4.14. The van der Waals surface area contributed by atoms with Crippen molar-refractivity contribution < 1.29 is 5.11 Å². The number of hydrogen-bond acceptors (Lipinski definition) is 3. The molecule has 0 aliphatic rings. The largest absolute Gasteiger partial charge is 0.400 e. The number of nitrogens with zero attached hydrogens (tertiary/aromatic N) is 2. The van der Waals surface area contributed by atoms with Crippen LogP contribution in [0.4, 0.5) is 5.69 Å². The highest BCUT2D eigenvalue weighted by molar-refractivity contribution is 5.63. The Labute approximate surface area is 154 Å². The van der Waals surface area contributed by atoms with Gasteiger partial charge in [-0.15, -0.1) is 0 Å². The molecule has 25 heavy (non-hydrogen) atoms. The highest BCUT2D eigenvalue weighted by Gasteiger charge is 2.04. The van der Waals surface area contributed by atoms with Crippen LogP contribution in [0.15, 0.2) is 40.9 Å². The van der Waals surface area contributed by atoms with Crippen LogP contribution in [0.3, 0.4) is 0 Å². The van der Waals surface area contributed by atoms with E-state index < -0.39 is 0 Å². The van der Waals surface area contributed by atoms with E-state index >= 15 is 0 Å². The first-order chi connectivity index (χ1) is 12.0. The minimum absolute atomic E-state index is 0.875. The number of rotatable bonds is 8. The fourth-order valence-corrected chi connectivity index (χ4v) is 2.25. The first kappa shape index (κ1) is 23.1. The van der Waals surface area contributed by atoms with Crippen molar-refractivity contribution in [1.82, 2.24) is 10.2 Å². The zero-order chi connectivity index (χ0) is 19.2. The van der Waals surface area contributed by atoms with E-state index in [1.54, 1.807) is 0 Å². The Bertz CT molecular complexity index is 589. The molecule has 4 heteroatoms. The average molecular weight is 346 g/mol. The maximum absolute atomic E-state index is 7.00. The van der Waals surface area contributed by atoms with E-state index in [4.69, 9.17) is 5.11 Å². The van der Waals surface area contributed by atoms with E-state index in [0.717, 1.165) is 32.4 Å². The van der Waals surface area contributed by atoms with Crippen LogP contribution in [0, 0.1) is 13.8 Å². The Morgan fingerprint density at radius 1 is 1.20 bits per heavy atom. The van der Waals surface area contributed by atoms with Gasteiger partial charge in [-0.3, -0.25) is 0 Å². The lowest BCUT2D eigenvalue weighted by atomic mass is 10.0. The molecule has 0 saturated heterocycles. The van der Waals surface area contributed by atoms with E-state index in [-0.39, 0.29) is 0 Å². The van der Waals surface area contributed by atoms with Gasteiger partial charge in [-0.2, -0.15) is 0 Å². The molecule has 2 N–H and O–H groups in total. The molecule has 0 saturated carbocycles. The summed E-state index contributed by atoms with van der Waals surface area (Å²) in [6.07, 6.45) is 8.27. The molecule has 1 rings (SSSR count). The summed E-state index contributed by atoms with van der Waals surface area (Å²) in [5.41, 5.74) is 6.19. The minimum Gasteiger partial charge on any atom is -0.400 e. The molecule has 0 bridgehead atoms. The molecule has 0 heterocycles. The maximum atomic E-state index is 7.00. The number of aliphatic hydroxyl groups is 1. The molecule has 0 fully saturated rings. The monoisotopic (exact) mass is 345 g/mol. The molecule has 4 nitrogen and oxygen atoms in total. The van der Waals surface area contributed by atoms with Crippen LogP contribution in [-0.4, -0.2) is 43.6 Å². The Morgan fingerprint density at radius 2 is 1.88 bits per heavy atom. The van der Waals surface area contributed by atoms with E-state index in [0.29, 0.717) is 0 Å². The SMILES string of the molecule is C/C=C\C(=C/C)CNCc1cc(C)c(N=CN(C)CC)cc1C.CO. The van der Waals surface area contributed by atoms with Gasteiger partial charge in [0.15, 0.2) is 0 Å². The molecule has 140 valence electrons. The third-order valence-corrected chi connectivity index (χ3v) is 3.94. The number of nitrogens with one attached hydrogen (secondary N) is 1. The molecular weight excluding hydrogens is 310 g/mol. The van der Waals surface area contributed by atoms with E-state index in [9.17, 15) is 0 Å². The van der Waals surface area contributed by atoms with Crippen molar-refractivity contribution in [2.75, 3.05) is 27.2 Å². The number of aliphatic imine (C=N–C) groups is 1. The summed E-state index contributed by atoms with van der Waals surface area (Å²) in [7, 11) is 3.04. The normalized spacial score (nSPS) is 11.8. The Hall–Kier alpha value is -1.91. The second-order valence-electron chi connectivity index (χ2n) is 5.85. The molecule has 0 spiro atoms. The van der Waals surface area contributed by atoms with Gasteiger partial charge in [-0.25, -0.2) is 4.99 Å². The summed E-state index contributed by atoms with van der Waals surface area (Å²) in [6, 6.07) is 4.42. The van der Waals surface area contributed by atoms with Crippen molar-refractivity contribution in [3.05, 3.63) is 52.6 Å². The Kier molecular flexibility index (Phi) is 12.4. The topological polar surface area (TPSA) is 47.9 Å². The van der Waals surface area contributed by atoms with Crippen LogP contribution in [0.25, 0.3) is 0 Å². The van der Waals surface area contributed by atoms with Crippen molar-refractivity contribution in [3.8, 4) is 0 Å².